The van der Waals surface area contributed by atoms with Crippen molar-refractivity contribution in [3.63, 3.8) is 0 Å². The molecule has 3 heteroatoms. The molecule has 1 nitrogen and oxygen atoms in total. The minimum absolute atomic E-state index is 0.660. The molecular formula is C13H20NS2+. The van der Waals surface area contributed by atoms with Crippen molar-refractivity contribution in [1.82, 2.24) is 0 Å². The van der Waals surface area contributed by atoms with Gasteiger partial charge >= 0.3 is 0 Å². The highest BCUT2D eigenvalue weighted by atomic mass is 32.2. The fourth-order valence-corrected chi connectivity index (χ4v) is 4.77. The molecule has 1 saturated heterocycles. The zero-order valence-corrected chi connectivity index (χ0v) is 11.7. The average molecular weight is 254 g/mol. The molecule has 0 unspecified atom stereocenters. The predicted octanol–water partition coefficient (Wildman–Crippen LogP) is 3.50. The van der Waals surface area contributed by atoms with Gasteiger partial charge < -0.3 is 0 Å². The molecule has 1 aliphatic heterocycles. The summed E-state index contributed by atoms with van der Waals surface area (Å²) in [6.45, 7) is 5.69. The SMILES string of the molecule is CCC[n+]1ccc(C2SCC(C)CS2)cc1. The van der Waals surface area contributed by atoms with Crippen molar-refractivity contribution in [3.05, 3.63) is 30.1 Å². The van der Waals surface area contributed by atoms with Crippen LogP contribution in [0.3, 0.4) is 0 Å². The molecule has 0 bridgehead atoms. The number of aromatic nitrogens is 1. The Balaban J connectivity index is 1.98. The minimum Gasteiger partial charge on any atom is -0.205 e. The van der Waals surface area contributed by atoms with Gasteiger partial charge in [-0.05, 0) is 23.0 Å². The normalized spacial score (nSPS) is 25.6. The number of rotatable bonds is 3. The van der Waals surface area contributed by atoms with Crippen molar-refractivity contribution in [3.8, 4) is 0 Å². The van der Waals surface area contributed by atoms with Crippen LogP contribution in [-0.4, -0.2) is 11.5 Å². The van der Waals surface area contributed by atoms with E-state index in [4.69, 9.17) is 0 Å². The molecule has 1 aromatic heterocycles. The summed E-state index contributed by atoms with van der Waals surface area (Å²) < 4.78 is 2.93. The van der Waals surface area contributed by atoms with Crippen LogP contribution in [0, 0.1) is 5.92 Å². The molecule has 0 N–H and O–H groups in total. The van der Waals surface area contributed by atoms with E-state index >= 15 is 0 Å². The second kappa shape index (κ2) is 5.97. The van der Waals surface area contributed by atoms with Crippen molar-refractivity contribution < 1.29 is 4.57 Å². The van der Waals surface area contributed by atoms with E-state index in [-0.39, 0.29) is 0 Å². The monoisotopic (exact) mass is 254 g/mol. The Hall–Kier alpha value is -0.150. The summed E-state index contributed by atoms with van der Waals surface area (Å²) in [5, 5.41) is 0. The molecular weight excluding hydrogens is 234 g/mol. The van der Waals surface area contributed by atoms with Gasteiger partial charge in [0.25, 0.3) is 0 Å². The van der Waals surface area contributed by atoms with Crippen molar-refractivity contribution in [2.24, 2.45) is 5.92 Å². The third-order valence-electron chi connectivity index (χ3n) is 2.74. The molecule has 88 valence electrons. The van der Waals surface area contributed by atoms with Gasteiger partial charge in [-0.2, -0.15) is 0 Å². The molecule has 16 heavy (non-hydrogen) atoms. The van der Waals surface area contributed by atoms with Gasteiger partial charge in [0.15, 0.2) is 12.4 Å². The molecule has 1 fully saturated rings. The number of nitrogens with zero attached hydrogens (tertiary/aromatic N) is 1. The Labute approximate surface area is 107 Å². The van der Waals surface area contributed by atoms with Crippen LogP contribution in [0.25, 0.3) is 0 Å². The molecule has 0 saturated carbocycles. The highest BCUT2D eigenvalue weighted by molar-refractivity contribution is 8.16. The highest BCUT2D eigenvalue weighted by Gasteiger charge is 2.21. The lowest BCUT2D eigenvalue weighted by Crippen LogP contribution is -2.32. The Bertz CT molecular complexity index is 315. The van der Waals surface area contributed by atoms with Crippen molar-refractivity contribution in [1.29, 1.82) is 0 Å². The summed E-state index contributed by atoms with van der Waals surface area (Å²) in [5.74, 6) is 3.49. The quantitative estimate of drug-likeness (QED) is 0.760. The molecule has 0 aromatic carbocycles. The van der Waals surface area contributed by atoms with Gasteiger partial charge in [0, 0.05) is 18.6 Å². The van der Waals surface area contributed by atoms with Gasteiger partial charge in [-0.1, -0.05) is 13.8 Å². The molecule has 2 heterocycles. The number of thioether (sulfide) groups is 2. The lowest BCUT2D eigenvalue weighted by atomic mass is 10.3. The molecule has 0 atom stereocenters. The maximum absolute atomic E-state index is 2.34. The van der Waals surface area contributed by atoms with Crippen LogP contribution in [0.2, 0.25) is 0 Å². The Kier molecular flexibility index (Phi) is 4.59. The zero-order valence-electron chi connectivity index (χ0n) is 10.1. The molecule has 2 rings (SSSR count). The molecule has 0 radical (unpaired) electrons. The van der Waals surface area contributed by atoms with Crippen LogP contribution < -0.4 is 4.57 Å². The van der Waals surface area contributed by atoms with Gasteiger partial charge in [-0.25, -0.2) is 4.57 Å². The van der Waals surface area contributed by atoms with Gasteiger partial charge in [-0.3, -0.25) is 0 Å². The fraction of sp³-hybridized carbons (Fsp3) is 0.615. The molecule has 0 spiro atoms. The second-order valence-corrected chi connectivity index (χ2v) is 7.05. The first kappa shape index (κ1) is 12.3. The molecule has 1 aliphatic rings. The maximum Gasteiger partial charge on any atom is 0.169 e. The summed E-state index contributed by atoms with van der Waals surface area (Å²) in [6, 6.07) is 4.58. The number of aryl methyl sites for hydroxylation is 1. The van der Waals surface area contributed by atoms with Crippen molar-refractivity contribution in [2.45, 2.75) is 31.4 Å². The highest BCUT2D eigenvalue weighted by Crippen LogP contribution is 2.44. The number of hydrogen-bond donors (Lipinski definition) is 0. The molecule has 0 aliphatic carbocycles. The third-order valence-corrected chi connectivity index (χ3v) is 6.22. The minimum atomic E-state index is 0.660. The van der Waals surface area contributed by atoms with E-state index in [1.807, 2.05) is 0 Å². The predicted molar refractivity (Wildman–Crippen MR) is 73.7 cm³/mol. The van der Waals surface area contributed by atoms with E-state index in [0.717, 1.165) is 12.5 Å². The summed E-state index contributed by atoms with van der Waals surface area (Å²) in [6.07, 6.45) is 5.64. The Morgan fingerprint density at radius 2 is 1.88 bits per heavy atom. The first-order valence-corrected chi connectivity index (χ1v) is 8.11. The van der Waals surface area contributed by atoms with E-state index in [9.17, 15) is 0 Å². The van der Waals surface area contributed by atoms with Gasteiger partial charge in [-0.15, -0.1) is 23.5 Å². The average Bonchev–Trinajstić information content (AvgIpc) is 2.32. The second-order valence-electron chi connectivity index (χ2n) is 4.47. The summed E-state index contributed by atoms with van der Waals surface area (Å²) in [4.78, 5) is 0. The molecule has 1 aromatic rings. The zero-order chi connectivity index (χ0) is 11.4. The first-order chi connectivity index (χ1) is 7.79. The van der Waals surface area contributed by atoms with Gasteiger partial charge in [0.2, 0.25) is 0 Å². The maximum atomic E-state index is 2.34. The Morgan fingerprint density at radius 3 is 2.44 bits per heavy atom. The lowest BCUT2D eigenvalue weighted by molar-refractivity contribution is -0.697. The van der Waals surface area contributed by atoms with E-state index in [1.165, 1.54) is 23.5 Å². The van der Waals surface area contributed by atoms with E-state index in [1.54, 1.807) is 0 Å². The van der Waals surface area contributed by atoms with Crippen LogP contribution >= 0.6 is 23.5 Å². The largest absolute Gasteiger partial charge is 0.205 e. The van der Waals surface area contributed by atoms with E-state index in [0.29, 0.717) is 4.58 Å². The summed E-state index contributed by atoms with van der Waals surface area (Å²) >= 11 is 4.19. The summed E-state index contributed by atoms with van der Waals surface area (Å²) in [5.41, 5.74) is 1.48. The van der Waals surface area contributed by atoms with Crippen LogP contribution in [0.4, 0.5) is 0 Å². The van der Waals surface area contributed by atoms with Crippen LogP contribution in [-0.2, 0) is 6.54 Å². The van der Waals surface area contributed by atoms with Crippen molar-refractivity contribution >= 4 is 23.5 Å². The van der Waals surface area contributed by atoms with E-state index in [2.05, 4.69) is 66.5 Å². The summed E-state index contributed by atoms with van der Waals surface area (Å²) in [7, 11) is 0. The van der Waals surface area contributed by atoms with E-state index < -0.39 is 0 Å². The Morgan fingerprint density at radius 1 is 1.25 bits per heavy atom. The van der Waals surface area contributed by atoms with Crippen LogP contribution in [0.1, 0.15) is 30.4 Å². The fourth-order valence-electron chi connectivity index (χ4n) is 1.83. The first-order valence-electron chi connectivity index (χ1n) is 6.02. The van der Waals surface area contributed by atoms with Gasteiger partial charge in [0.1, 0.15) is 6.54 Å². The lowest BCUT2D eigenvalue weighted by Gasteiger charge is -2.25. The van der Waals surface area contributed by atoms with Crippen molar-refractivity contribution in [2.75, 3.05) is 11.5 Å². The van der Waals surface area contributed by atoms with Gasteiger partial charge in [0.05, 0.1) is 4.58 Å². The third kappa shape index (κ3) is 3.17. The standard InChI is InChI=1S/C13H20NS2/c1-3-6-14-7-4-12(5-8-14)13-15-9-11(2)10-16-13/h4-5,7-8,11,13H,3,6,9-10H2,1-2H3/q+1. The molecule has 0 amide bonds. The van der Waals surface area contributed by atoms with Crippen LogP contribution in [0.15, 0.2) is 24.5 Å². The smallest absolute Gasteiger partial charge is 0.169 e. The topological polar surface area (TPSA) is 3.88 Å². The van der Waals surface area contributed by atoms with Crippen LogP contribution in [0.5, 0.6) is 0 Å². The number of pyridine rings is 1. The number of hydrogen-bond acceptors (Lipinski definition) is 2.